The molecule has 4 aromatic carbocycles. The summed E-state index contributed by atoms with van der Waals surface area (Å²) in [5.41, 5.74) is 8.27. The van der Waals surface area contributed by atoms with E-state index in [4.69, 9.17) is 9.47 Å². The minimum atomic E-state index is -0.570. The summed E-state index contributed by atoms with van der Waals surface area (Å²) in [4.78, 5) is 35.0. The number of likely N-dealkylation sites (tertiary alicyclic amines) is 1. The summed E-state index contributed by atoms with van der Waals surface area (Å²) >= 11 is 0. The van der Waals surface area contributed by atoms with Crippen molar-refractivity contribution in [3.05, 3.63) is 160 Å². The quantitative estimate of drug-likeness (QED) is 0.140. The minimum absolute atomic E-state index is 0.00829. The predicted molar refractivity (Wildman–Crippen MR) is 208 cm³/mol. The van der Waals surface area contributed by atoms with Crippen LogP contribution in [0.2, 0.25) is 0 Å². The van der Waals surface area contributed by atoms with Gasteiger partial charge in [-0.05, 0) is 71.0 Å². The van der Waals surface area contributed by atoms with E-state index in [9.17, 15) is 14.7 Å². The molecule has 0 aliphatic carbocycles. The molecule has 1 amide bonds. The number of fused-ring (bicyclic) bond motifs is 1. The summed E-state index contributed by atoms with van der Waals surface area (Å²) in [5, 5.41) is 12.6. The van der Waals surface area contributed by atoms with Crippen molar-refractivity contribution in [2.45, 2.75) is 57.5 Å². The van der Waals surface area contributed by atoms with Gasteiger partial charge in [0, 0.05) is 56.1 Å². The molecule has 2 aliphatic rings. The van der Waals surface area contributed by atoms with Gasteiger partial charge < -0.3 is 29.8 Å². The number of H-pyrrole nitrogens is 1. The molecule has 2 fully saturated rings. The number of rotatable bonds is 10. The predicted octanol–water partition coefficient (Wildman–Crippen LogP) is 6.94. The largest absolute Gasteiger partial charge is 0.392 e. The normalized spacial score (nSPS) is 20.9. The number of aliphatic hydroxyl groups excluding tert-OH is 1. The van der Waals surface area contributed by atoms with E-state index < -0.39 is 6.29 Å². The van der Waals surface area contributed by atoms with Crippen molar-refractivity contribution in [2.75, 3.05) is 19.6 Å². The van der Waals surface area contributed by atoms with Gasteiger partial charge in [0.15, 0.2) is 6.29 Å². The maximum Gasteiger partial charge on any atom is 0.326 e. The lowest BCUT2D eigenvalue weighted by Gasteiger charge is -2.44. The SMILES string of the molecule is CC1C(CN2CCC(n3c(=O)[nH]c4ccccc43)CC2)OC(c2ccc(-c3cccc(CNC(=O)c4cccnc4)c3)cc2)OC1c1ccc(CO)cc1. The van der Waals surface area contributed by atoms with E-state index in [1.54, 1.807) is 24.5 Å². The van der Waals surface area contributed by atoms with Gasteiger partial charge in [-0.25, -0.2) is 4.79 Å². The molecule has 4 atom stereocenters. The third kappa shape index (κ3) is 7.65. The van der Waals surface area contributed by atoms with Crippen molar-refractivity contribution in [2.24, 2.45) is 5.92 Å². The number of aromatic nitrogens is 3. The Bertz CT molecular complexity index is 2240. The maximum atomic E-state index is 12.9. The molecular weight excluding hydrogens is 679 g/mol. The monoisotopic (exact) mass is 723 g/mol. The molecule has 0 saturated carbocycles. The van der Waals surface area contributed by atoms with Crippen LogP contribution in [0, 0.1) is 5.92 Å². The molecule has 54 heavy (non-hydrogen) atoms. The summed E-state index contributed by atoms with van der Waals surface area (Å²) in [6.07, 6.45) is 4.10. The van der Waals surface area contributed by atoms with Gasteiger partial charge in [0.25, 0.3) is 5.91 Å². The first-order valence-electron chi connectivity index (χ1n) is 18.7. The summed E-state index contributed by atoms with van der Waals surface area (Å²) in [5.74, 6) is -0.0943. The molecular formula is C44H45N5O5. The van der Waals surface area contributed by atoms with Crippen LogP contribution in [0.3, 0.4) is 0 Å². The molecule has 2 aromatic heterocycles. The number of imidazole rings is 1. The van der Waals surface area contributed by atoms with Gasteiger partial charge in [-0.15, -0.1) is 0 Å². The second-order valence-electron chi connectivity index (χ2n) is 14.4. The fourth-order valence-electron chi connectivity index (χ4n) is 7.85. The van der Waals surface area contributed by atoms with Gasteiger partial charge in [-0.2, -0.15) is 0 Å². The smallest absolute Gasteiger partial charge is 0.326 e. The topological polar surface area (TPSA) is 122 Å². The molecule has 0 spiro atoms. The number of benzene rings is 4. The summed E-state index contributed by atoms with van der Waals surface area (Å²) in [7, 11) is 0. The number of aliphatic hydroxyl groups is 1. The van der Waals surface area contributed by atoms with Crippen LogP contribution in [0.1, 0.15) is 70.8 Å². The average Bonchev–Trinajstić information content (AvgIpc) is 3.57. The number of piperidine rings is 1. The van der Waals surface area contributed by atoms with Gasteiger partial charge >= 0.3 is 5.69 Å². The number of pyridine rings is 1. The highest BCUT2D eigenvalue weighted by molar-refractivity contribution is 5.93. The van der Waals surface area contributed by atoms with Gasteiger partial charge in [-0.3, -0.25) is 14.3 Å². The van der Waals surface area contributed by atoms with E-state index in [1.807, 2.05) is 65.2 Å². The Kier molecular flexibility index (Phi) is 10.5. The molecule has 2 aliphatic heterocycles. The Balaban J connectivity index is 0.969. The average molecular weight is 724 g/mol. The standard InChI is InChI=1S/C44H45N5O5/c1-29-40(27-48-22-19-37(20-23-48)49-39-10-3-2-9-38(39)47-44(49)52)53-43(54-41(29)33-13-11-30(28-50)12-14-33)34-17-15-32(16-18-34)35-7-4-6-31(24-35)25-46-42(51)36-8-5-21-45-26-36/h2-18,21,24,26,29,37,40-41,43,50H,19-20,22-23,25,27-28H2,1H3,(H,46,51)(H,47,52). The number of nitrogens with one attached hydrogen (secondary N) is 2. The molecule has 3 N–H and O–H groups in total. The number of aromatic amines is 1. The van der Waals surface area contributed by atoms with E-state index in [0.717, 1.165) is 76.9 Å². The first-order valence-corrected chi connectivity index (χ1v) is 18.7. The molecule has 2 saturated heterocycles. The summed E-state index contributed by atoms with van der Waals surface area (Å²) < 4.78 is 15.5. The second kappa shape index (κ2) is 15.9. The van der Waals surface area contributed by atoms with E-state index >= 15 is 0 Å². The fourth-order valence-corrected chi connectivity index (χ4v) is 7.85. The molecule has 0 radical (unpaired) electrons. The summed E-state index contributed by atoms with van der Waals surface area (Å²) in [6.45, 7) is 5.08. The van der Waals surface area contributed by atoms with E-state index in [0.29, 0.717) is 12.1 Å². The van der Waals surface area contributed by atoms with Crippen LogP contribution in [0.15, 0.2) is 126 Å². The molecule has 0 bridgehead atoms. The molecule has 4 heterocycles. The van der Waals surface area contributed by atoms with Crippen molar-refractivity contribution in [1.29, 1.82) is 0 Å². The van der Waals surface area contributed by atoms with Crippen LogP contribution in [0.25, 0.3) is 22.2 Å². The molecule has 8 rings (SSSR count). The van der Waals surface area contributed by atoms with Crippen LogP contribution in [0.5, 0.6) is 0 Å². The molecule has 10 nitrogen and oxygen atoms in total. The number of carbonyl (C=O) groups excluding carboxylic acids is 1. The number of nitrogens with zero attached hydrogens (tertiary/aromatic N) is 3. The Morgan fingerprint density at radius 1 is 0.870 bits per heavy atom. The van der Waals surface area contributed by atoms with Crippen molar-refractivity contribution < 1.29 is 19.4 Å². The Hall–Kier alpha value is -5.39. The highest BCUT2D eigenvalue weighted by atomic mass is 16.7. The van der Waals surface area contributed by atoms with E-state index in [2.05, 4.69) is 63.5 Å². The Morgan fingerprint density at radius 3 is 2.41 bits per heavy atom. The van der Waals surface area contributed by atoms with Crippen LogP contribution in [0.4, 0.5) is 0 Å². The molecule has 276 valence electrons. The van der Waals surface area contributed by atoms with Crippen LogP contribution in [-0.2, 0) is 22.6 Å². The molecule has 4 unspecified atom stereocenters. The van der Waals surface area contributed by atoms with Crippen LogP contribution >= 0.6 is 0 Å². The Labute approximate surface area is 314 Å². The third-order valence-electron chi connectivity index (χ3n) is 10.9. The van der Waals surface area contributed by atoms with Crippen molar-refractivity contribution >= 4 is 16.9 Å². The fraction of sp³-hybridized carbons (Fsp3) is 0.295. The highest BCUT2D eigenvalue weighted by Gasteiger charge is 2.39. The van der Waals surface area contributed by atoms with Gasteiger partial charge in [0.2, 0.25) is 0 Å². The van der Waals surface area contributed by atoms with E-state index in [-0.39, 0.29) is 42.4 Å². The number of amides is 1. The second-order valence-corrected chi connectivity index (χ2v) is 14.4. The minimum Gasteiger partial charge on any atom is -0.392 e. The van der Waals surface area contributed by atoms with Gasteiger partial charge in [-0.1, -0.05) is 85.8 Å². The lowest BCUT2D eigenvalue weighted by molar-refractivity contribution is -0.276. The van der Waals surface area contributed by atoms with Gasteiger partial charge in [0.1, 0.15) is 0 Å². The molecule has 10 heteroatoms. The zero-order chi connectivity index (χ0) is 37.0. The maximum absolute atomic E-state index is 12.9. The van der Waals surface area contributed by atoms with Crippen molar-refractivity contribution in [3.8, 4) is 11.1 Å². The lowest BCUT2D eigenvalue weighted by Crippen LogP contribution is -2.47. The first-order chi connectivity index (χ1) is 26.4. The van der Waals surface area contributed by atoms with Gasteiger partial charge in [0.05, 0.1) is 35.4 Å². The van der Waals surface area contributed by atoms with Crippen molar-refractivity contribution in [1.82, 2.24) is 24.8 Å². The number of carbonyl (C=O) groups is 1. The number of para-hydroxylation sites is 2. The van der Waals surface area contributed by atoms with E-state index in [1.165, 1.54) is 0 Å². The third-order valence-corrected chi connectivity index (χ3v) is 10.9. The van der Waals surface area contributed by atoms with Crippen molar-refractivity contribution in [3.63, 3.8) is 0 Å². The van der Waals surface area contributed by atoms with Crippen LogP contribution in [-0.4, -0.2) is 56.2 Å². The highest BCUT2D eigenvalue weighted by Crippen LogP contribution is 2.42. The van der Waals surface area contributed by atoms with Crippen LogP contribution < -0.4 is 11.0 Å². The number of ether oxygens (including phenoxy) is 2. The first kappa shape index (κ1) is 35.6. The lowest BCUT2D eigenvalue weighted by atomic mass is 9.89. The Morgan fingerprint density at radius 2 is 1.65 bits per heavy atom. The number of hydrogen-bond acceptors (Lipinski definition) is 7. The number of hydrogen-bond donors (Lipinski definition) is 3. The summed E-state index contributed by atoms with van der Waals surface area (Å²) in [6, 6.07) is 36.0. The molecule has 6 aromatic rings. The zero-order valence-corrected chi connectivity index (χ0v) is 30.3. The zero-order valence-electron chi connectivity index (χ0n) is 30.3.